The van der Waals surface area contributed by atoms with Crippen molar-refractivity contribution in [1.82, 2.24) is 4.57 Å². The maximum atomic E-state index is 12.3. The number of amidine groups is 1. The van der Waals surface area contributed by atoms with Crippen molar-refractivity contribution in [3.63, 3.8) is 0 Å². The van der Waals surface area contributed by atoms with Gasteiger partial charge in [-0.25, -0.2) is 4.39 Å². The fraction of sp³-hybridized carbons (Fsp3) is 0.182. The van der Waals surface area contributed by atoms with Crippen LogP contribution in [0.5, 0.6) is 0 Å². The second-order valence-corrected chi connectivity index (χ2v) is 3.46. The van der Waals surface area contributed by atoms with Gasteiger partial charge in [0.1, 0.15) is 6.67 Å². The van der Waals surface area contributed by atoms with E-state index < -0.39 is 6.67 Å². The predicted molar refractivity (Wildman–Crippen MR) is 60.4 cm³/mol. The lowest BCUT2D eigenvalue weighted by Gasteiger charge is -2.03. The van der Waals surface area contributed by atoms with E-state index in [1.807, 2.05) is 22.9 Å². The average molecular weight is 221 g/mol. The molecule has 0 fully saturated rings. The molecule has 2 aromatic rings. The normalized spacial score (nSPS) is 12.2. The zero-order valence-corrected chi connectivity index (χ0v) is 8.60. The molecule has 0 bridgehead atoms. The second-order valence-electron chi connectivity index (χ2n) is 3.46. The van der Waals surface area contributed by atoms with Crippen LogP contribution in [0.3, 0.4) is 0 Å². The van der Waals surface area contributed by atoms with Gasteiger partial charge in [0.25, 0.3) is 0 Å². The first-order valence-electron chi connectivity index (χ1n) is 4.89. The molecule has 5 heteroatoms. The molecule has 84 valence electrons. The lowest BCUT2D eigenvalue weighted by molar-refractivity contribution is 0.318. The first-order chi connectivity index (χ1) is 7.76. The first kappa shape index (κ1) is 10.5. The molecule has 3 N–H and O–H groups in total. The average Bonchev–Trinajstić information content (AvgIpc) is 2.71. The van der Waals surface area contributed by atoms with Crippen molar-refractivity contribution >= 4 is 16.7 Å². The van der Waals surface area contributed by atoms with Crippen LogP contribution in [0.2, 0.25) is 0 Å². The molecule has 0 spiro atoms. The Morgan fingerprint density at radius 1 is 1.44 bits per heavy atom. The molecule has 0 aliphatic heterocycles. The Morgan fingerprint density at radius 2 is 2.25 bits per heavy atom. The third-order valence-electron chi connectivity index (χ3n) is 2.50. The van der Waals surface area contributed by atoms with Gasteiger partial charge < -0.3 is 15.5 Å². The van der Waals surface area contributed by atoms with E-state index in [0.29, 0.717) is 12.1 Å². The van der Waals surface area contributed by atoms with E-state index in [0.717, 1.165) is 10.9 Å². The van der Waals surface area contributed by atoms with E-state index in [-0.39, 0.29) is 5.84 Å². The number of nitrogens with zero attached hydrogens (tertiary/aromatic N) is 2. The SMILES string of the molecule is N/C(=N/O)c1ccc2c(ccn2CCF)c1. The predicted octanol–water partition coefficient (Wildman–Crippen LogP) is 1.71. The van der Waals surface area contributed by atoms with Crippen LogP contribution in [-0.4, -0.2) is 22.3 Å². The fourth-order valence-corrected chi connectivity index (χ4v) is 1.70. The highest BCUT2D eigenvalue weighted by molar-refractivity contribution is 6.00. The molecular formula is C11H12FN3O. The Bertz CT molecular complexity index is 533. The minimum Gasteiger partial charge on any atom is -0.409 e. The van der Waals surface area contributed by atoms with Crippen LogP contribution < -0.4 is 5.73 Å². The minimum atomic E-state index is -0.397. The Kier molecular flexibility index (Phi) is 2.76. The summed E-state index contributed by atoms with van der Waals surface area (Å²) in [6, 6.07) is 7.25. The van der Waals surface area contributed by atoms with Gasteiger partial charge in [0, 0.05) is 22.7 Å². The Balaban J connectivity index is 2.49. The second kappa shape index (κ2) is 4.22. The van der Waals surface area contributed by atoms with Crippen LogP contribution in [0, 0.1) is 0 Å². The largest absolute Gasteiger partial charge is 0.409 e. The number of aryl methyl sites for hydroxylation is 1. The third-order valence-corrected chi connectivity index (χ3v) is 2.50. The van der Waals surface area contributed by atoms with Crippen LogP contribution in [0.25, 0.3) is 10.9 Å². The van der Waals surface area contributed by atoms with E-state index >= 15 is 0 Å². The standard InChI is InChI=1S/C11H12FN3O/c12-4-6-15-5-3-8-7-9(11(13)14-16)1-2-10(8)15/h1-3,5,7,16H,4,6H2,(H2,13,14). The summed E-state index contributed by atoms with van der Waals surface area (Å²) in [5.41, 5.74) is 7.07. The number of rotatable bonds is 3. The Morgan fingerprint density at radius 3 is 2.94 bits per heavy atom. The molecule has 0 atom stereocenters. The highest BCUT2D eigenvalue weighted by Gasteiger charge is 2.04. The van der Waals surface area contributed by atoms with E-state index in [2.05, 4.69) is 5.16 Å². The Hall–Kier alpha value is -2.04. The molecule has 0 radical (unpaired) electrons. The summed E-state index contributed by atoms with van der Waals surface area (Å²) in [5.74, 6) is 0.0696. The van der Waals surface area contributed by atoms with E-state index in [1.54, 1.807) is 12.1 Å². The van der Waals surface area contributed by atoms with E-state index in [9.17, 15) is 4.39 Å². The summed E-state index contributed by atoms with van der Waals surface area (Å²) in [7, 11) is 0. The van der Waals surface area contributed by atoms with Crippen molar-refractivity contribution in [2.75, 3.05) is 6.67 Å². The number of nitrogens with two attached hydrogens (primary N) is 1. The number of aromatic nitrogens is 1. The minimum absolute atomic E-state index is 0.0696. The maximum Gasteiger partial charge on any atom is 0.170 e. The van der Waals surface area contributed by atoms with Gasteiger partial charge in [-0.2, -0.15) is 0 Å². The smallest absolute Gasteiger partial charge is 0.170 e. The van der Waals surface area contributed by atoms with Crippen molar-refractivity contribution in [2.24, 2.45) is 10.9 Å². The number of hydrogen-bond acceptors (Lipinski definition) is 2. The van der Waals surface area contributed by atoms with Crippen molar-refractivity contribution in [3.05, 3.63) is 36.0 Å². The van der Waals surface area contributed by atoms with Gasteiger partial charge >= 0.3 is 0 Å². The lowest BCUT2D eigenvalue weighted by atomic mass is 10.1. The number of hydrogen-bond donors (Lipinski definition) is 2. The molecule has 0 unspecified atom stereocenters. The number of alkyl halides is 1. The number of fused-ring (bicyclic) bond motifs is 1. The zero-order chi connectivity index (χ0) is 11.5. The summed E-state index contributed by atoms with van der Waals surface area (Å²) in [6.07, 6.45) is 1.82. The molecular weight excluding hydrogens is 209 g/mol. The molecule has 1 aromatic carbocycles. The highest BCUT2D eigenvalue weighted by atomic mass is 19.1. The molecule has 1 aromatic heterocycles. The van der Waals surface area contributed by atoms with Crippen molar-refractivity contribution in [2.45, 2.75) is 6.54 Å². The summed E-state index contributed by atoms with van der Waals surface area (Å²) in [5, 5.41) is 12.4. The van der Waals surface area contributed by atoms with Gasteiger partial charge in [-0.15, -0.1) is 0 Å². The van der Waals surface area contributed by atoms with Gasteiger partial charge in [0.15, 0.2) is 5.84 Å². The third kappa shape index (κ3) is 1.71. The molecule has 16 heavy (non-hydrogen) atoms. The van der Waals surface area contributed by atoms with Crippen LogP contribution in [0.4, 0.5) is 4.39 Å². The molecule has 2 rings (SSSR count). The van der Waals surface area contributed by atoms with Gasteiger partial charge in [0.05, 0.1) is 6.54 Å². The van der Waals surface area contributed by atoms with Crippen molar-refractivity contribution in [3.8, 4) is 0 Å². The van der Waals surface area contributed by atoms with Crippen molar-refractivity contribution < 1.29 is 9.60 Å². The topological polar surface area (TPSA) is 63.5 Å². The molecule has 0 saturated heterocycles. The van der Waals surface area contributed by atoms with E-state index in [1.165, 1.54) is 0 Å². The first-order valence-corrected chi connectivity index (χ1v) is 4.89. The number of halogens is 1. The summed E-state index contributed by atoms with van der Waals surface area (Å²) >= 11 is 0. The lowest BCUT2D eigenvalue weighted by Crippen LogP contribution is -2.12. The molecule has 0 aliphatic carbocycles. The highest BCUT2D eigenvalue weighted by Crippen LogP contribution is 2.17. The molecule has 4 nitrogen and oxygen atoms in total. The van der Waals surface area contributed by atoms with Crippen LogP contribution in [0.15, 0.2) is 35.6 Å². The summed E-state index contributed by atoms with van der Waals surface area (Å²) in [4.78, 5) is 0. The summed E-state index contributed by atoms with van der Waals surface area (Å²) in [6.45, 7) is -0.0574. The molecule has 1 heterocycles. The van der Waals surface area contributed by atoms with Gasteiger partial charge in [-0.1, -0.05) is 5.16 Å². The Labute approximate surface area is 91.8 Å². The van der Waals surface area contributed by atoms with Gasteiger partial charge in [-0.05, 0) is 24.3 Å². The van der Waals surface area contributed by atoms with E-state index in [4.69, 9.17) is 10.9 Å². The summed E-state index contributed by atoms with van der Waals surface area (Å²) < 4.78 is 14.1. The van der Waals surface area contributed by atoms with Gasteiger partial charge in [0.2, 0.25) is 0 Å². The van der Waals surface area contributed by atoms with Crippen molar-refractivity contribution in [1.29, 1.82) is 0 Å². The fourth-order valence-electron chi connectivity index (χ4n) is 1.70. The van der Waals surface area contributed by atoms with Crippen LogP contribution in [0.1, 0.15) is 5.56 Å². The number of oxime groups is 1. The molecule has 0 saturated carbocycles. The van der Waals surface area contributed by atoms with Gasteiger partial charge in [-0.3, -0.25) is 0 Å². The molecule has 0 amide bonds. The zero-order valence-electron chi connectivity index (χ0n) is 8.60. The molecule has 0 aliphatic rings. The van der Waals surface area contributed by atoms with Crippen LogP contribution >= 0.6 is 0 Å². The quantitative estimate of drug-likeness (QED) is 0.358. The van der Waals surface area contributed by atoms with Crippen LogP contribution in [-0.2, 0) is 6.54 Å². The maximum absolute atomic E-state index is 12.3. The number of benzene rings is 1. The monoisotopic (exact) mass is 221 g/mol.